The Balaban J connectivity index is 3.17. The fourth-order valence-electron chi connectivity index (χ4n) is 0.470. The van der Waals surface area contributed by atoms with Crippen molar-refractivity contribution in [2.24, 2.45) is 0 Å². The van der Waals surface area contributed by atoms with Gasteiger partial charge in [-0.05, 0) is 6.92 Å². The molecule has 0 saturated heterocycles. The van der Waals surface area contributed by atoms with Crippen molar-refractivity contribution in [3.63, 3.8) is 0 Å². The van der Waals surface area contributed by atoms with E-state index in [0.717, 1.165) is 0 Å². The Labute approximate surface area is 57.1 Å². The molecule has 0 aromatic carbocycles. The third-order valence-electron chi connectivity index (χ3n) is 1.03. The molecule has 0 unspecified atom stereocenters. The molecule has 0 radical (unpaired) electrons. The molecule has 0 bridgehead atoms. The lowest BCUT2D eigenvalue weighted by molar-refractivity contribution is 0.370. The van der Waals surface area contributed by atoms with E-state index in [2.05, 4.69) is 19.9 Å². The molecule has 10 heavy (non-hydrogen) atoms. The Morgan fingerprint density at radius 2 is 2.20 bits per heavy atom. The van der Waals surface area contributed by atoms with E-state index in [0.29, 0.717) is 5.69 Å². The van der Waals surface area contributed by atoms with E-state index in [4.69, 9.17) is 0 Å². The molecule has 1 rings (SSSR count). The molecule has 0 aliphatic heterocycles. The number of aryl methyl sites for hydroxylation is 1. The molecule has 0 aliphatic rings. The monoisotopic (exact) mass is 141 g/mol. The van der Waals surface area contributed by atoms with E-state index < -0.39 is 0 Å². The first-order valence-corrected chi connectivity index (χ1v) is 2.71. The number of aromatic nitrogens is 3. The summed E-state index contributed by atoms with van der Waals surface area (Å²) in [6.07, 6.45) is 0. The van der Waals surface area contributed by atoms with Crippen molar-refractivity contribution in [1.82, 2.24) is 15.2 Å². The van der Waals surface area contributed by atoms with Crippen LogP contribution in [0.1, 0.15) is 5.69 Å². The molecular weight excluding hydrogens is 134 g/mol. The van der Waals surface area contributed by atoms with Gasteiger partial charge in [0.15, 0.2) is 0 Å². The lowest BCUT2D eigenvalue weighted by atomic mass is 10.5. The van der Waals surface area contributed by atoms with Crippen LogP contribution in [0.2, 0.25) is 0 Å². The van der Waals surface area contributed by atoms with Crippen LogP contribution in [-0.2, 0) is 0 Å². The molecule has 1 heterocycles. The van der Waals surface area contributed by atoms with Gasteiger partial charge in [0.2, 0.25) is 0 Å². The van der Waals surface area contributed by atoms with Gasteiger partial charge in [-0.25, -0.2) is 0 Å². The van der Waals surface area contributed by atoms with E-state index in [9.17, 15) is 4.79 Å². The minimum absolute atomic E-state index is 0.135. The summed E-state index contributed by atoms with van der Waals surface area (Å²) in [5.74, 6) is 0. The van der Waals surface area contributed by atoms with E-state index in [-0.39, 0.29) is 11.6 Å². The normalized spacial score (nSPS) is 9.40. The van der Waals surface area contributed by atoms with Gasteiger partial charge in [-0.2, -0.15) is 0 Å². The molecular formula is C5H7N3O2. The highest BCUT2D eigenvalue weighted by atomic mass is 16.5. The van der Waals surface area contributed by atoms with Crippen LogP contribution in [-0.4, -0.2) is 22.3 Å². The summed E-state index contributed by atoms with van der Waals surface area (Å²) in [6.45, 7) is 1.57. The number of rotatable bonds is 1. The lowest BCUT2D eigenvalue weighted by Gasteiger charge is -1.94. The first kappa shape index (κ1) is 6.73. The van der Waals surface area contributed by atoms with E-state index in [1.807, 2.05) is 0 Å². The second-order valence-corrected chi connectivity index (χ2v) is 1.75. The van der Waals surface area contributed by atoms with Crippen molar-refractivity contribution in [1.29, 1.82) is 0 Å². The molecule has 0 spiro atoms. The summed E-state index contributed by atoms with van der Waals surface area (Å²) < 4.78 is 4.62. The number of ether oxygens (including phenoxy) is 1. The number of nitrogens with zero attached hydrogens (tertiary/aromatic N) is 2. The summed E-state index contributed by atoms with van der Waals surface area (Å²) in [4.78, 5) is 13.1. The molecule has 1 N–H and O–H groups in total. The van der Waals surface area contributed by atoms with Crippen molar-refractivity contribution in [3.05, 3.63) is 16.0 Å². The SMILES string of the molecule is COc1nnc(C)c(=O)[nH]1. The molecule has 0 atom stereocenters. The summed E-state index contributed by atoms with van der Waals surface area (Å²) >= 11 is 0. The fraction of sp³-hybridized carbons (Fsp3) is 0.400. The molecule has 5 heteroatoms. The van der Waals surface area contributed by atoms with Crippen LogP contribution >= 0.6 is 0 Å². The number of hydrogen-bond acceptors (Lipinski definition) is 4. The zero-order valence-corrected chi connectivity index (χ0v) is 5.71. The van der Waals surface area contributed by atoms with Gasteiger partial charge in [0.1, 0.15) is 5.69 Å². The van der Waals surface area contributed by atoms with Crippen LogP contribution in [0.3, 0.4) is 0 Å². The molecule has 5 nitrogen and oxygen atoms in total. The third kappa shape index (κ3) is 1.12. The number of H-pyrrole nitrogens is 1. The summed E-state index contributed by atoms with van der Waals surface area (Å²) in [6, 6.07) is 0.135. The smallest absolute Gasteiger partial charge is 0.315 e. The molecule has 0 fully saturated rings. The maximum absolute atomic E-state index is 10.8. The average molecular weight is 141 g/mol. The predicted octanol–water partition coefficient (Wildman–Crippen LogP) is -0.518. The van der Waals surface area contributed by atoms with Gasteiger partial charge in [0.05, 0.1) is 7.11 Å². The van der Waals surface area contributed by atoms with Gasteiger partial charge in [0.25, 0.3) is 5.56 Å². The second kappa shape index (κ2) is 2.47. The zero-order chi connectivity index (χ0) is 7.56. The van der Waals surface area contributed by atoms with Gasteiger partial charge in [-0.15, -0.1) is 5.10 Å². The van der Waals surface area contributed by atoms with Crippen LogP contribution in [0.25, 0.3) is 0 Å². The predicted molar refractivity (Wildman–Crippen MR) is 33.9 cm³/mol. The average Bonchev–Trinajstić information content (AvgIpc) is 1.95. The number of methoxy groups -OCH3 is 1. The van der Waals surface area contributed by atoms with Crippen molar-refractivity contribution in [2.45, 2.75) is 6.92 Å². The highest BCUT2D eigenvalue weighted by Crippen LogP contribution is 1.90. The zero-order valence-electron chi connectivity index (χ0n) is 5.71. The van der Waals surface area contributed by atoms with E-state index in [1.165, 1.54) is 7.11 Å². The quantitative estimate of drug-likeness (QED) is 0.571. The van der Waals surface area contributed by atoms with Crippen LogP contribution in [0.5, 0.6) is 6.01 Å². The van der Waals surface area contributed by atoms with E-state index >= 15 is 0 Å². The lowest BCUT2D eigenvalue weighted by Crippen LogP contribution is -2.14. The van der Waals surface area contributed by atoms with Crippen molar-refractivity contribution >= 4 is 0 Å². The van der Waals surface area contributed by atoms with Crippen LogP contribution in [0, 0.1) is 6.92 Å². The molecule has 0 saturated carbocycles. The Morgan fingerprint density at radius 1 is 1.50 bits per heavy atom. The highest BCUT2D eigenvalue weighted by molar-refractivity contribution is 4.95. The van der Waals surface area contributed by atoms with E-state index in [1.54, 1.807) is 6.92 Å². The number of aromatic amines is 1. The molecule has 1 aromatic rings. The highest BCUT2D eigenvalue weighted by Gasteiger charge is 1.96. The van der Waals surface area contributed by atoms with Gasteiger partial charge in [0, 0.05) is 0 Å². The maximum Gasteiger partial charge on any atom is 0.315 e. The topological polar surface area (TPSA) is 67.9 Å². The second-order valence-electron chi connectivity index (χ2n) is 1.75. The van der Waals surface area contributed by atoms with Gasteiger partial charge >= 0.3 is 6.01 Å². The molecule has 0 aliphatic carbocycles. The Morgan fingerprint density at radius 3 is 2.70 bits per heavy atom. The largest absolute Gasteiger partial charge is 0.467 e. The van der Waals surface area contributed by atoms with Crippen molar-refractivity contribution in [3.8, 4) is 6.01 Å². The van der Waals surface area contributed by atoms with Gasteiger partial charge in [-0.3, -0.25) is 9.78 Å². The molecule has 0 amide bonds. The van der Waals surface area contributed by atoms with Crippen molar-refractivity contribution < 1.29 is 4.74 Å². The summed E-state index contributed by atoms with van der Waals surface area (Å²) in [7, 11) is 1.41. The van der Waals surface area contributed by atoms with Crippen LogP contribution in [0.4, 0.5) is 0 Å². The van der Waals surface area contributed by atoms with Crippen LogP contribution < -0.4 is 10.3 Å². The first-order valence-electron chi connectivity index (χ1n) is 2.71. The summed E-state index contributed by atoms with van der Waals surface area (Å²) in [5.41, 5.74) is 0.0626. The van der Waals surface area contributed by atoms with Gasteiger partial charge < -0.3 is 4.74 Å². The number of nitrogens with one attached hydrogen (secondary N) is 1. The summed E-state index contributed by atoms with van der Waals surface area (Å²) in [5, 5.41) is 7.06. The molecule has 54 valence electrons. The Bertz CT molecular complexity index is 280. The van der Waals surface area contributed by atoms with Gasteiger partial charge in [-0.1, -0.05) is 5.10 Å². The van der Waals surface area contributed by atoms with Crippen molar-refractivity contribution in [2.75, 3.05) is 7.11 Å². The fourth-order valence-corrected chi connectivity index (χ4v) is 0.470. The molecule has 1 aromatic heterocycles. The third-order valence-corrected chi connectivity index (χ3v) is 1.03. The Kier molecular flexibility index (Phi) is 1.66. The standard InChI is InChI=1S/C5H7N3O2/c1-3-4(9)6-5(10-2)8-7-3/h1-2H3,(H,6,8,9). The Hall–Kier alpha value is -1.39. The number of hydrogen-bond donors (Lipinski definition) is 1. The van der Waals surface area contributed by atoms with Crippen LogP contribution in [0.15, 0.2) is 4.79 Å². The first-order chi connectivity index (χ1) is 4.74. The maximum atomic E-state index is 10.8. The minimum atomic E-state index is -0.271. The minimum Gasteiger partial charge on any atom is -0.467 e.